The van der Waals surface area contributed by atoms with Crippen LogP contribution in [-0.2, 0) is 4.74 Å². The largest absolute Gasteiger partial charge is 0.462 e. The van der Waals surface area contributed by atoms with Gasteiger partial charge >= 0.3 is 5.97 Å². The molecule has 0 aliphatic heterocycles. The number of aromatic nitrogens is 2. The van der Waals surface area contributed by atoms with E-state index in [-0.39, 0.29) is 5.97 Å². The maximum atomic E-state index is 12.0. The van der Waals surface area contributed by atoms with Crippen molar-refractivity contribution in [3.63, 3.8) is 0 Å². The van der Waals surface area contributed by atoms with Crippen LogP contribution >= 0.6 is 27.3 Å². The van der Waals surface area contributed by atoms with Crippen molar-refractivity contribution in [2.75, 3.05) is 11.9 Å². The molecule has 140 valence electrons. The van der Waals surface area contributed by atoms with E-state index in [0.717, 1.165) is 31.5 Å². The molecule has 0 saturated heterocycles. The Bertz CT molecular complexity index is 1140. The van der Waals surface area contributed by atoms with Crippen LogP contribution in [0.25, 0.3) is 21.3 Å². The van der Waals surface area contributed by atoms with E-state index in [0.29, 0.717) is 18.0 Å². The third kappa shape index (κ3) is 3.76. The minimum atomic E-state index is -0.343. The molecule has 1 N–H and O–H groups in total. The zero-order valence-electron chi connectivity index (χ0n) is 15.0. The smallest absolute Gasteiger partial charge is 0.338 e. The molecule has 0 fully saturated rings. The SMILES string of the molecule is CCOC(=O)c1cccc(Nc2ncnc3scc(-c4ccc(Br)cc4)c23)c1. The van der Waals surface area contributed by atoms with Gasteiger partial charge in [-0.1, -0.05) is 34.1 Å². The molecule has 2 heterocycles. The first kappa shape index (κ1) is 18.6. The fraction of sp³-hybridized carbons (Fsp3) is 0.0952. The van der Waals surface area contributed by atoms with Crippen molar-refractivity contribution in [3.05, 3.63) is 70.3 Å². The summed E-state index contributed by atoms with van der Waals surface area (Å²) in [6.45, 7) is 2.13. The van der Waals surface area contributed by atoms with E-state index >= 15 is 0 Å². The second-order valence-electron chi connectivity index (χ2n) is 5.98. The van der Waals surface area contributed by atoms with Crippen LogP contribution in [-0.4, -0.2) is 22.5 Å². The van der Waals surface area contributed by atoms with Gasteiger partial charge in [-0.2, -0.15) is 0 Å². The summed E-state index contributed by atoms with van der Waals surface area (Å²) in [6, 6.07) is 15.3. The number of esters is 1. The Morgan fingerprint density at radius 2 is 2.00 bits per heavy atom. The highest BCUT2D eigenvalue weighted by molar-refractivity contribution is 9.10. The Labute approximate surface area is 174 Å². The topological polar surface area (TPSA) is 64.1 Å². The molecule has 28 heavy (non-hydrogen) atoms. The first-order valence-corrected chi connectivity index (χ1v) is 10.4. The standard InChI is InChI=1S/C21H16BrN3O2S/c1-2-27-21(26)14-4-3-5-16(10-14)25-19-18-17(11-28-20(18)24-12-23-19)13-6-8-15(22)9-7-13/h3-12H,2H2,1H3,(H,23,24,25). The van der Waals surface area contributed by atoms with Crippen molar-refractivity contribution in [1.82, 2.24) is 9.97 Å². The van der Waals surface area contributed by atoms with Crippen LogP contribution in [0.5, 0.6) is 0 Å². The van der Waals surface area contributed by atoms with Crippen molar-refractivity contribution >= 4 is 55.0 Å². The predicted molar refractivity (Wildman–Crippen MR) is 116 cm³/mol. The summed E-state index contributed by atoms with van der Waals surface area (Å²) >= 11 is 5.05. The second-order valence-corrected chi connectivity index (χ2v) is 7.76. The number of halogens is 1. The Balaban J connectivity index is 1.74. The van der Waals surface area contributed by atoms with Gasteiger partial charge in [0.25, 0.3) is 0 Å². The number of anilines is 2. The molecular weight excluding hydrogens is 438 g/mol. The van der Waals surface area contributed by atoms with E-state index in [2.05, 4.69) is 48.7 Å². The number of ether oxygens (including phenoxy) is 1. The quantitative estimate of drug-likeness (QED) is 0.373. The van der Waals surface area contributed by atoms with Crippen molar-refractivity contribution < 1.29 is 9.53 Å². The van der Waals surface area contributed by atoms with Gasteiger partial charge in [-0.3, -0.25) is 0 Å². The molecule has 4 aromatic rings. The predicted octanol–water partition coefficient (Wildman–Crippen LogP) is 6.04. The summed E-state index contributed by atoms with van der Waals surface area (Å²) in [5.74, 6) is 0.357. The Hall–Kier alpha value is -2.77. The van der Waals surface area contributed by atoms with Crippen LogP contribution in [0.4, 0.5) is 11.5 Å². The maximum Gasteiger partial charge on any atom is 0.338 e. The van der Waals surface area contributed by atoms with Gasteiger partial charge in [-0.15, -0.1) is 11.3 Å². The normalized spacial score (nSPS) is 10.8. The van der Waals surface area contributed by atoms with E-state index in [1.54, 1.807) is 36.7 Å². The molecule has 0 aliphatic rings. The van der Waals surface area contributed by atoms with Crippen LogP contribution in [0, 0.1) is 0 Å². The molecule has 4 rings (SSSR count). The molecule has 7 heteroatoms. The second kappa shape index (κ2) is 8.08. The zero-order valence-corrected chi connectivity index (χ0v) is 17.4. The number of fused-ring (bicyclic) bond motifs is 1. The van der Waals surface area contributed by atoms with Crippen LogP contribution in [0.15, 0.2) is 64.7 Å². The van der Waals surface area contributed by atoms with Crippen molar-refractivity contribution in [1.29, 1.82) is 0 Å². The summed E-state index contributed by atoms with van der Waals surface area (Å²) in [7, 11) is 0. The lowest BCUT2D eigenvalue weighted by atomic mass is 10.1. The molecule has 0 atom stereocenters. The third-order valence-electron chi connectivity index (χ3n) is 4.16. The first-order valence-electron chi connectivity index (χ1n) is 8.68. The molecule has 0 radical (unpaired) electrons. The number of benzene rings is 2. The number of hydrogen-bond donors (Lipinski definition) is 1. The summed E-state index contributed by atoms with van der Waals surface area (Å²) in [6.07, 6.45) is 1.54. The Morgan fingerprint density at radius 1 is 1.18 bits per heavy atom. The molecule has 0 aliphatic carbocycles. The number of thiophene rings is 1. The van der Waals surface area contributed by atoms with Crippen LogP contribution in [0.3, 0.4) is 0 Å². The minimum Gasteiger partial charge on any atom is -0.462 e. The highest BCUT2D eigenvalue weighted by Gasteiger charge is 2.14. The monoisotopic (exact) mass is 453 g/mol. The van der Waals surface area contributed by atoms with Gasteiger partial charge < -0.3 is 10.1 Å². The van der Waals surface area contributed by atoms with Crippen LogP contribution in [0.1, 0.15) is 17.3 Å². The summed E-state index contributed by atoms with van der Waals surface area (Å²) in [5.41, 5.74) is 3.42. The van der Waals surface area contributed by atoms with Crippen molar-refractivity contribution in [3.8, 4) is 11.1 Å². The lowest BCUT2D eigenvalue weighted by molar-refractivity contribution is 0.0526. The van der Waals surface area contributed by atoms with Crippen molar-refractivity contribution in [2.45, 2.75) is 6.92 Å². The molecule has 2 aromatic carbocycles. The van der Waals surface area contributed by atoms with Gasteiger partial charge in [0.05, 0.1) is 17.6 Å². The van der Waals surface area contributed by atoms with Gasteiger partial charge in [-0.25, -0.2) is 14.8 Å². The molecular formula is C21H16BrN3O2S. The van der Waals surface area contributed by atoms with Crippen molar-refractivity contribution in [2.24, 2.45) is 0 Å². The Morgan fingerprint density at radius 3 is 2.79 bits per heavy atom. The number of nitrogens with zero attached hydrogens (tertiary/aromatic N) is 2. The summed E-state index contributed by atoms with van der Waals surface area (Å²) < 4.78 is 6.11. The van der Waals surface area contributed by atoms with E-state index in [9.17, 15) is 4.79 Å². The van der Waals surface area contributed by atoms with E-state index in [1.807, 2.05) is 24.3 Å². The minimum absolute atomic E-state index is 0.342. The average molecular weight is 454 g/mol. The highest BCUT2D eigenvalue weighted by atomic mass is 79.9. The van der Waals surface area contributed by atoms with Gasteiger partial charge in [0, 0.05) is 21.1 Å². The molecule has 2 aromatic heterocycles. The molecule has 0 saturated carbocycles. The lowest BCUT2D eigenvalue weighted by Gasteiger charge is -2.10. The number of carbonyl (C=O) groups excluding carboxylic acids is 1. The van der Waals surface area contributed by atoms with Gasteiger partial charge in [-0.05, 0) is 42.8 Å². The first-order chi connectivity index (χ1) is 13.7. The highest BCUT2D eigenvalue weighted by Crippen LogP contribution is 2.37. The van der Waals surface area contributed by atoms with Crippen LogP contribution in [0.2, 0.25) is 0 Å². The maximum absolute atomic E-state index is 12.0. The number of hydrogen-bond acceptors (Lipinski definition) is 6. The Kier molecular flexibility index (Phi) is 5.36. The van der Waals surface area contributed by atoms with Crippen LogP contribution < -0.4 is 5.32 Å². The molecule has 5 nitrogen and oxygen atoms in total. The van der Waals surface area contributed by atoms with Gasteiger partial charge in [0.2, 0.25) is 0 Å². The molecule has 0 unspecified atom stereocenters. The van der Waals surface area contributed by atoms with E-state index in [1.165, 1.54) is 0 Å². The van der Waals surface area contributed by atoms with E-state index < -0.39 is 0 Å². The summed E-state index contributed by atoms with van der Waals surface area (Å²) in [4.78, 5) is 21.8. The third-order valence-corrected chi connectivity index (χ3v) is 5.58. The zero-order chi connectivity index (χ0) is 19.5. The van der Waals surface area contributed by atoms with Gasteiger partial charge in [0.15, 0.2) is 0 Å². The fourth-order valence-electron chi connectivity index (χ4n) is 2.89. The fourth-order valence-corrected chi connectivity index (χ4v) is 4.07. The number of rotatable bonds is 5. The lowest BCUT2D eigenvalue weighted by Crippen LogP contribution is -2.05. The number of carbonyl (C=O) groups is 1. The molecule has 0 spiro atoms. The van der Waals surface area contributed by atoms with E-state index in [4.69, 9.17) is 4.74 Å². The molecule has 0 bridgehead atoms. The average Bonchev–Trinajstić information content (AvgIpc) is 3.14. The van der Waals surface area contributed by atoms with Gasteiger partial charge in [0.1, 0.15) is 17.0 Å². The summed E-state index contributed by atoms with van der Waals surface area (Å²) in [5, 5.41) is 6.37. The number of nitrogens with one attached hydrogen (secondary N) is 1. The molecule has 0 amide bonds.